The molecular formula is C14H17ClN2O. The Morgan fingerprint density at radius 2 is 1.61 bits per heavy atom. The van der Waals surface area contributed by atoms with Gasteiger partial charge in [-0.3, -0.25) is 0 Å². The van der Waals surface area contributed by atoms with Crippen molar-refractivity contribution in [3.63, 3.8) is 0 Å². The summed E-state index contributed by atoms with van der Waals surface area (Å²) in [5.74, 6) is 1.82. The number of hydrogen-bond donors (Lipinski definition) is 0. The predicted molar refractivity (Wildman–Crippen MR) is 71.7 cm³/mol. The van der Waals surface area contributed by atoms with Gasteiger partial charge in [0.05, 0.1) is 0 Å². The highest BCUT2D eigenvalue weighted by atomic mass is 35.5. The van der Waals surface area contributed by atoms with Crippen LogP contribution in [0.2, 0.25) is 0 Å². The van der Waals surface area contributed by atoms with Gasteiger partial charge in [-0.2, -0.15) is 0 Å². The third-order valence-corrected chi connectivity index (χ3v) is 3.59. The molecule has 0 aliphatic heterocycles. The van der Waals surface area contributed by atoms with Gasteiger partial charge in [0.25, 0.3) is 0 Å². The lowest BCUT2D eigenvalue weighted by Crippen LogP contribution is -2.02. The van der Waals surface area contributed by atoms with Crippen LogP contribution in [0, 0.1) is 5.92 Å². The molecule has 2 unspecified atom stereocenters. The van der Waals surface area contributed by atoms with E-state index in [0.717, 1.165) is 5.56 Å². The van der Waals surface area contributed by atoms with Crippen LogP contribution >= 0.6 is 11.6 Å². The van der Waals surface area contributed by atoms with E-state index in [1.807, 2.05) is 30.3 Å². The summed E-state index contributed by atoms with van der Waals surface area (Å²) in [6.07, 6.45) is 0. The Morgan fingerprint density at radius 3 is 2.22 bits per heavy atom. The van der Waals surface area contributed by atoms with Gasteiger partial charge in [-0.1, -0.05) is 51.1 Å². The summed E-state index contributed by atoms with van der Waals surface area (Å²) in [7, 11) is 0. The fourth-order valence-corrected chi connectivity index (χ4v) is 1.82. The maximum atomic E-state index is 6.33. The number of aromatic nitrogens is 2. The highest BCUT2D eigenvalue weighted by Gasteiger charge is 2.21. The molecule has 0 N–H and O–H groups in total. The number of rotatable bonds is 4. The largest absolute Gasteiger partial charge is 0.423 e. The van der Waals surface area contributed by atoms with Gasteiger partial charge in [0, 0.05) is 5.92 Å². The Balaban J connectivity index is 2.20. The molecule has 96 valence electrons. The van der Waals surface area contributed by atoms with E-state index in [4.69, 9.17) is 16.0 Å². The summed E-state index contributed by atoms with van der Waals surface area (Å²) in [6.45, 7) is 6.33. The van der Waals surface area contributed by atoms with E-state index in [2.05, 4.69) is 31.0 Å². The first kappa shape index (κ1) is 13.1. The van der Waals surface area contributed by atoms with Gasteiger partial charge in [-0.25, -0.2) is 0 Å². The van der Waals surface area contributed by atoms with Gasteiger partial charge in [-0.15, -0.1) is 21.8 Å². The zero-order chi connectivity index (χ0) is 13.1. The van der Waals surface area contributed by atoms with Crippen LogP contribution in [0.15, 0.2) is 34.7 Å². The molecule has 0 bridgehead atoms. The van der Waals surface area contributed by atoms with E-state index in [0.29, 0.717) is 17.7 Å². The van der Waals surface area contributed by atoms with E-state index < -0.39 is 0 Å². The molecule has 18 heavy (non-hydrogen) atoms. The fourth-order valence-electron chi connectivity index (χ4n) is 1.58. The van der Waals surface area contributed by atoms with Gasteiger partial charge in [0.15, 0.2) is 0 Å². The van der Waals surface area contributed by atoms with Gasteiger partial charge in [-0.05, 0) is 11.5 Å². The molecule has 0 amide bonds. The minimum atomic E-state index is -0.383. The zero-order valence-electron chi connectivity index (χ0n) is 10.8. The Morgan fingerprint density at radius 1 is 1.00 bits per heavy atom. The van der Waals surface area contributed by atoms with Crippen molar-refractivity contribution in [2.75, 3.05) is 0 Å². The van der Waals surface area contributed by atoms with E-state index >= 15 is 0 Å². The van der Waals surface area contributed by atoms with Crippen LogP contribution in [-0.2, 0) is 0 Å². The van der Waals surface area contributed by atoms with E-state index in [-0.39, 0.29) is 11.3 Å². The summed E-state index contributed by atoms with van der Waals surface area (Å²) in [6, 6.07) is 9.74. The third kappa shape index (κ3) is 2.72. The van der Waals surface area contributed by atoms with Crippen molar-refractivity contribution >= 4 is 11.6 Å². The van der Waals surface area contributed by atoms with Crippen molar-refractivity contribution in [2.24, 2.45) is 5.92 Å². The highest BCUT2D eigenvalue weighted by molar-refractivity contribution is 6.22. The average molecular weight is 265 g/mol. The number of hydrogen-bond acceptors (Lipinski definition) is 3. The summed E-state index contributed by atoms with van der Waals surface area (Å²) < 4.78 is 5.67. The molecule has 2 atom stereocenters. The molecule has 4 heteroatoms. The van der Waals surface area contributed by atoms with E-state index in [1.165, 1.54) is 0 Å². The molecule has 3 nitrogen and oxygen atoms in total. The van der Waals surface area contributed by atoms with Crippen molar-refractivity contribution in [2.45, 2.75) is 32.1 Å². The summed E-state index contributed by atoms with van der Waals surface area (Å²) in [5.41, 5.74) is 0.964. The first-order valence-electron chi connectivity index (χ1n) is 6.12. The molecule has 0 aliphatic rings. The minimum absolute atomic E-state index is 0.242. The second kappa shape index (κ2) is 5.53. The zero-order valence-corrected chi connectivity index (χ0v) is 11.6. The quantitative estimate of drug-likeness (QED) is 0.779. The average Bonchev–Trinajstić information content (AvgIpc) is 2.87. The molecule has 0 saturated carbocycles. The van der Waals surface area contributed by atoms with Crippen LogP contribution in [0.4, 0.5) is 0 Å². The van der Waals surface area contributed by atoms with Crippen molar-refractivity contribution in [3.8, 4) is 0 Å². The first-order chi connectivity index (χ1) is 8.59. The van der Waals surface area contributed by atoms with Gasteiger partial charge in [0.1, 0.15) is 5.38 Å². The molecule has 1 aromatic heterocycles. The van der Waals surface area contributed by atoms with Crippen molar-refractivity contribution < 1.29 is 4.42 Å². The van der Waals surface area contributed by atoms with Gasteiger partial charge < -0.3 is 4.42 Å². The molecule has 0 saturated heterocycles. The lowest BCUT2D eigenvalue weighted by molar-refractivity contribution is 0.382. The van der Waals surface area contributed by atoms with Crippen LogP contribution in [-0.4, -0.2) is 10.2 Å². The second-order valence-corrected chi connectivity index (χ2v) is 5.22. The van der Waals surface area contributed by atoms with Crippen LogP contribution in [0.25, 0.3) is 0 Å². The lowest BCUT2D eigenvalue weighted by Gasteiger charge is -2.10. The molecule has 0 spiro atoms. The first-order valence-corrected chi connectivity index (χ1v) is 6.55. The molecule has 0 radical (unpaired) electrons. The topological polar surface area (TPSA) is 38.9 Å². The second-order valence-electron chi connectivity index (χ2n) is 4.78. The molecule has 0 fully saturated rings. The Bertz CT molecular complexity index is 496. The number of benzene rings is 1. The molecular weight excluding hydrogens is 248 g/mol. The normalized spacial score (nSPS) is 14.7. The van der Waals surface area contributed by atoms with Crippen LogP contribution in [0.5, 0.6) is 0 Å². The van der Waals surface area contributed by atoms with E-state index in [9.17, 15) is 0 Å². The van der Waals surface area contributed by atoms with Crippen molar-refractivity contribution in [1.29, 1.82) is 0 Å². The van der Waals surface area contributed by atoms with Crippen molar-refractivity contribution in [1.82, 2.24) is 10.2 Å². The number of halogens is 1. The SMILES string of the molecule is CC(C)C(C)c1nnc(C(Cl)c2ccccc2)o1. The smallest absolute Gasteiger partial charge is 0.238 e. The minimum Gasteiger partial charge on any atom is -0.423 e. The molecule has 1 heterocycles. The highest BCUT2D eigenvalue weighted by Crippen LogP contribution is 2.30. The van der Waals surface area contributed by atoms with Crippen LogP contribution in [0.3, 0.4) is 0 Å². The number of alkyl halides is 1. The third-order valence-electron chi connectivity index (χ3n) is 3.15. The van der Waals surface area contributed by atoms with Crippen LogP contribution < -0.4 is 0 Å². The summed E-state index contributed by atoms with van der Waals surface area (Å²) >= 11 is 6.33. The summed E-state index contributed by atoms with van der Waals surface area (Å²) in [5, 5.41) is 7.75. The molecule has 2 rings (SSSR count). The van der Waals surface area contributed by atoms with Crippen molar-refractivity contribution in [3.05, 3.63) is 47.7 Å². The Hall–Kier alpha value is -1.35. The Kier molecular flexibility index (Phi) is 4.02. The predicted octanol–water partition coefficient (Wildman–Crippen LogP) is 4.16. The number of nitrogens with zero attached hydrogens (tertiary/aromatic N) is 2. The molecule has 2 aromatic rings. The maximum Gasteiger partial charge on any atom is 0.238 e. The Labute approximate surface area is 112 Å². The van der Waals surface area contributed by atoms with E-state index in [1.54, 1.807) is 0 Å². The lowest BCUT2D eigenvalue weighted by atomic mass is 9.98. The van der Waals surface area contributed by atoms with Gasteiger partial charge in [0.2, 0.25) is 11.8 Å². The van der Waals surface area contributed by atoms with Crippen LogP contribution in [0.1, 0.15) is 49.4 Å². The standard InChI is InChI=1S/C14H17ClN2O/c1-9(2)10(3)13-16-17-14(18-13)12(15)11-7-5-4-6-8-11/h4-10,12H,1-3H3. The fraction of sp³-hybridized carbons (Fsp3) is 0.429. The molecule has 1 aromatic carbocycles. The summed E-state index contributed by atoms with van der Waals surface area (Å²) in [4.78, 5) is 0. The molecule has 0 aliphatic carbocycles. The maximum absolute atomic E-state index is 6.33. The monoisotopic (exact) mass is 264 g/mol. The van der Waals surface area contributed by atoms with Gasteiger partial charge >= 0.3 is 0 Å².